The van der Waals surface area contributed by atoms with Gasteiger partial charge in [0.05, 0.1) is 0 Å². The van der Waals surface area contributed by atoms with Crippen molar-refractivity contribution < 1.29 is 0 Å². The predicted molar refractivity (Wildman–Crippen MR) is 47.8 cm³/mol. The van der Waals surface area contributed by atoms with Crippen LogP contribution in [0.5, 0.6) is 0 Å². The fraction of sp³-hybridized carbons (Fsp3) is 0.600. The van der Waals surface area contributed by atoms with Crippen molar-refractivity contribution in [3.05, 3.63) is 24.3 Å². The van der Waals surface area contributed by atoms with Gasteiger partial charge in [0.1, 0.15) is 5.82 Å². The molecule has 2 rings (SSSR count). The van der Waals surface area contributed by atoms with Crippen molar-refractivity contribution in [3.63, 3.8) is 0 Å². The van der Waals surface area contributed by atoms with Gasteiger partial charge in [0.25, 0.3) is 0 Å². The highest BCUT2D eigenvalue weighted by atomic mass is 14.9. The lowest BCUT2D eigenvalue weighted by Gasteiger charge is -2.41. The van der Waals surface area contributed by atoms with Crippen LogP contribution in [0.4, 0.5) is 0 Å². The smallest absolute Gasteiger partial charge is 0.131 e. The summed E-state index contributed by atoms with van der Waals surface area (Å²) in [6, 6.07) is 1.87. The Bertz CT molecular complexity index is 258. The zero-order valence-electron chi connectivity index (χ0n) is 7.62. The summed E-state index contributed by atoms with van der Waals surface area (Å²) in [4.78, 5) is 8.51. The van der Waals surface area contributed by atoms with Crippen molar-refractivity contribution in [3.8, 4) is 0 Å². The molecule has 0 amide bonds. The third kappa shape index (κ3) is 1.33. The van der Waals surface area contributed by atoms with Crippen LogP contribution in [0.3, 0.4) is 0 Å². The van der Waals surface area contributed by atoms with Gasteiger partial charge in [-0.05, 0) is 24.3 Å². The van der Waals surface area contributed by atoms with E-state index in [9.17, 15) is 0 Å². The fourth-order valence-electron chi connectivity index (χ4n) is 1.98. The largest absolute Gasteiger partial charge is 0.241 e. The molecule has 0 aliphatic heterocycles. The van der Waals surface area contributed by atoms with Gasteiger partial charge < -0.3 is 0 Å². The first-order chi connectivity index (χ1) is 5.67. The first-order valence-electron chi connectivity index (χ1n) is 4.44. The van der Waals surface area contributed by atoms with Gasteiger partial charge >= 0.3 is 0 Å². The van der Waals surface area contributed by atoms with Gasteiger partial charge in [0.15, 0.2) is 0 Å². The molecule has 1 saturated carbocycles. The summed E-state index contributed by atoms with van der Waals surface area (Å²) in [6.45, 7) is 4.60. The average Bonchev–Trinajstić information content (AvgIpc) is 2.02. The lowest BCUT2D eigenvalue weighted by Crippen LogP contribution is -2.30. The SMILES string of the molecule is CC1(C)CC(c2ncccn2)C1. The van der Waals surface area contributed by atoms with E-state index in [1.807, 2.05) is 18.5 Å². The van der Waals surface area contributed by atoms with Crippen LogP contribution in [0.2, 0.25) is 0 Å². The van der Waals surface area contributed by atoms with Gasteiger partial charge in [-0.2, -0.15) is 0 Å². The van der Waals surface area contributed by atoms with E-state index in [4.69, 9.17) is 0 Å². The van der Waals surface area contributed by atoms with E-state index in [2.05, 4.69) is 23.8 Å². The molecule has 0 bridgehead atoms. The number of nitrogens with zero attached hydrogens (tertiary/aromatic N) is 2. The molecule has 1 aromatic heterocycles. The van der Waals surface area contributed by atoms with Crippen LogP contribution >= 0.6 is 0 Å². The van der Waals surface area contributed by atoms with Crippen LogP contribution in [0.25, 0.3) is 0 Å². The van der Waals surface area contributed by atoms with Crippen LogP contribution in [-0.2, 0) is 0 Å². The maximum atomic E-state index is 4.26. The standard InChI is InChI=1S/C10H14N2/c1-10(2)6-8(7-10)9-11-4-3-5-12-9/h3-5,8H,6-7H2,1-2H3. The Labute approximate surface area is 73.1 Å². The molecule has 1 heterocycles. The van der Waals surface area contributed by atoms with Gasteiger partial charge in [0.2, 0.25) is 0 Å². The minimum Gasteiger partial charge on any atom is -0.241 e. The van der Waals surface area contributed by atoms with Crippen LogP contribution in [0.1, 0.15) is 38.4 Å². The molecule has 0 spiro atoms. The monoisotopic (exact) mass is 162 g/mol. The lowest BCUT2D eigenvalue weighted by atomic mass is 9.64. The lowest BCUT2D eigenvalue weighted by molar-refractivity contribution is 0.145. The van der Waals surface area contributed by atoms with Crippen molar-refractivity contribution >= 4 is 0 Å². The summed E-state index contributed by atoms with van der Waals surface area (Å²) in [6.07, 6.45) is 6.12. The fourth-order valence-corrected chi connectivity index (χ4v) is 1.98. The summed E-state index contributed by atoms with van der Waals surface area (Å²) in [7, 11) is 0. The second-order valence-corrected chi connectivity index (χ2v) is 4.38. The Balaban J connectivity index is 2.06. The minimum atomic E-state index is 0.518. The number of aromatic nitrogens is 2. The molecule has 1 aliphatic carbocycles. The normalized spacial score (nSPS) is 21.8. The van der Waals surface area contributed by atoms with Gasteiger partial charge in [-0.25, -0.2) is 9.97 Å². The molecule has 0 N–H and O–H groups in total. The van der Waals surface area contributed by atoms with E-state index < -0.39 is 0 Å². The average molecular weight is 162 g/mol. The Morgan fingerprint density at radius 3 is 2.33 bits per heavy atom. The van der Waals surface area contributed by atoms with Crippen molar-refractivity contribution in [2.45, 2.75) is 32.6 Å². The second-order valence-electron chi connectivity index (χ2n) is 4.38. The highest BCUT2D eigenvalue weighted by molar-refractivity contribution is 5.06. The van der Waals surface area contributed by atoms with E-state index >= 15 is 0 Å². The van der Waals surface area contributed by atoms with Crippen molar-refractivity contribution in [1.29, 1.82) is 0 Å². The highest BCUT2D eigenvalue weighted by Gasteiger charge is 2.38. The molecular weight excluding hydrogens is 148 g/mol. The maximum Gasteiger partial charge on any atom is 0.131 e. The van der Waals surface area contributed by atoms with E-state index in [0.717, 1.165) is 5.82 Å². The predicted octanol–water partition coefficient (Wildman–Crippen LogP) is 2.38. The molecule has 2 nitrogen and oxygen atoms in total. The minimum absolute atomic E-state index is 0.518. The third-order valence-electron chi connectivity index (χ3n) is 2.55. The third-order valence-corrected chi connectivity index (χ3v) is 2.55. The van der Waals surface area contributed by atoms with Crippen molar-refractivity contribution in [2.24, 2.45) is 5.41 Å². The highest BCUT2D eigenvalue weighted by Crippen LogP contribution is 2.49. The first kappa shape index (κ1) is 7.71. The molecule has 0 radical (unpaired) electrons. The summed E-state index contributed by atoms with van der Waals surface area (Å²) < 4.78 is 0. The molecule has 12 heavy (non-hydrogen) atoms. The number of rotatable bonds is 1. The van der Waals surface area contributed by atoms with E-state index in [1.54, 1.807) is 0 Å². The summed E-state index contributed by atoms with van der Waals surface area (Å²) >= 11 is 0. The molecular formula is C10H14N2. The van der Waals surface area contributed by atoms with E-state index in [1.165, 1.54) is 12.8 Å². The maximum absolute atomic E-state index is 4.26. The van der Waals surface area contributed by atoms with E-state index in [0.29, 0.717) is 11.3 Å². The summed E-state index contributed by atoms with van der Waals surface area (Å²) in [5, 5.41) is 0. The Morgan fingerprint density at radius 2 is 1.83 bits per heavy atom. The molecule has 1 aliphatic rings. The molecule has 64 valence electrons. The summed E-state index contributed by atoms with van der Waals surface area (Å²) in [5.74, 6) is 1.64. The molecule has 0 saturated heterocycles. The Hall–Kier alpha value is -0.920. The van der Waals surface area contributed by atoms with Crippen LogP contribution in [0, 0.1) is 5.41 Å². The molecule has 1 aromatic rings. The quantitative estimate of drug-likeness (QED) is 0.633. The van der Waals surface area contributed by atoms with Gasteiger partial charge in [-0.15, -0.1) is 0 Å². The second kappa shape index (κ2) is 2.54. The van der Waals surface area contributed by atoms with Gasteiger partial charge in [-0.3, -0.25) is 0 Å². The number of hydrogen-bond donors (Lipinski definition) is 0. The molecule has 0 atom stereocenters. The first-order valence-corrected chi connectivity index (χ1v) is 4.44. The zero-order chi connectivity index (χ0) is 8.60. The van der Waals surface area contributed by atoms with Gasteiger partial charge in [0, 0.05) is 18.3 Å². The zero-order valence-corrected chi connectivity index (χ0v) is 7.62. The van der Waals surface area contributed by atoms with E-state index in [-0.39, 0.29) is 0 Å². The molecule has 0 aromatic carbocycles. The molecule has 1 fully saturated rings. The van der Waals surface area contributed by atoms with Crippen LogP contribution in [0.15, 0.2) is 18.5 Å². The Kier molecular flexibility index (Phi) is 1.63. The van der Waals surface area contributed by atoms with Crippen LogP contribution in [-0.4, -0.2) is 9.97 Å². The Morgan fingerprint density at radius 1 is 1.25 bits per heavy atom. The van der Waals surface area contributed by atoms with Crippen molar-refractivity contribution in [2.75, 3.05) is 0 Å². The van der Waals surface area contributed by atoms with Crippen molar-refractivity contribution in [1.82, 2.24) is 9.97 Å². The topological polar surface area (TPSA) is 25.8 Å². The number of hydrogen-bond acceptors (Lipinski definition) is 2. The van der Waals surface area contributed by atoms with Gasteiger partial charge in [-0.1, -0.05) is 13.8 Å². The molecule has 0 unspecified atom stereocenters. The molecule has 2 heteroatoms. The summed E-state index contributed by atoms with van der Waals surface area (Å²) in [5.41, 5.74) is 0.518. The van der Waals surface area contributed by atoms with Crippen LogP contribution < -0.4 is 0 Å².